The lowest BCUT2D eigenvalue weighted by atomic mass is 9.81. The minimum absolute atomic E-state index is 0.121. The smallest absolute Gasteiger partial charge is 0.326 e. The van der Waals surface area contributed by atoms with Crippen molar-refractivity contribution >= 4 is 33.0 Å². The summed E-state index contributed by atoms with van der Waals surface area (Å²) in [6.07, 6.45) is -1.98. The van der Waals surface area contributed by atoms with Gasteiger partial charge in [0.15, 0.2) is 0 Å². The molecule has 0 aliphatic heterocycles. The first-order valence-corrected chi connectivity index (χ1v) is 11.5. The Balaban J connectivity index is 1.49. The average molecular weight is 447 g/mol. The largest absolute Gasteiger partial charge is 0.416 e. The summed E-state index contributed by atoms with van der Waals surface area (Å²) in [5.41, 5.74) is -0.687. The topological polar surface area (TPSA) is 75.3 Å². The first-order chi connectivity index (χ1) is 13.6. The summed E-state index contributed by atoms with van der Waals surface area (Å²) in [6.45, 7) is 0.308. The van der Waals surface area contributed by atoms with Gasteiger partial charge in [0.1, 0.15) is 4.21 Å². The molecule has 0 spiro atoms. The third-order valence-corrected chi connectivity index (χ3v) is 7.82. The van der Waals surface area contributed by atoms with E-state index in [0.29, 0.717) is 32.2 Å². The van der Waals surface area contributed by atoms with Gasteiger partial charge in [0.2, 0.25) is 15.9 Å². The molecule has 0 bridgehead atoms. The van der Waals surface area contributed by atoms with E-state index in [1.807, 2.05) is 0 Å². The first-order valence-electron chi connectivity index (χ1n) is 9.16. The molecule has 10 heteroatoms. The van der Waals surface area contributed by atoms with Crippen LogP contribution < -0.4 is 10.0 Å². The Hall–Kier alpha value is -1.91. The molecule has 1 aromatic carbocycles. The van der Waals surface area contributed by atoms with E-state index < -0.39 is 21.8 Å². The van der Waals surface area contributed by atoms with Crippen molar-refractivity contribution in [3.63, 3.8) is 0 Å². The molecule has 3 rings (SSSR count). The Bertz CT molecular complexity index is 936. The van der Waals surface area contributed by atoms with Crippen molar-refractivity contribution in [1.82, 2.24) is 4.72 Å². The number of benzene rings is 1. The standard InChI is InChI=1S/C19H21F3N2O3S2/c20-19(21,22)15-3-1-4-16(11-15)24-18(25)14-8-6-13(7-9-14)12-23-29(26,27)17-5-2-10-28-17/h1-5,10-11,13-14,23H,6-9,12H2,(H,24,25). The summed E-state index contributed by atoms with van der Waals surface area (Å²) in [7, 11) is -3.51. The van der Waals surface area contributed by atoms with Gasteiger partial charge in [-0.3, -0.25) is 4.79 Å². The number of carbonyl (C=O) groups is 1. The Morgan fingerprint density at radius 3 is 2.45 bits per heavy atom. The van der Waals surface area contributed by atoms with Gasteiger partial charge in [-0.1, -0.05) is 12.1 Å². The van der Waals surface area contributed by atoms with Gasteiger partial charge in [0.05, 0.1) is 5.56 Å². The molecule has 1 aliphatic rings. The van der Waals surface area contributed by atoms with Crippen LogP contribution in [-0.4, -0.2) is 20.9 Å². The van der Waals surface area contributed by atoms with Gasteiger partial charge in [-0.05, 0) is 61.2 Å². The van der Waals surface area contributed by atoms with E-state index in [4.69, 9.17) is 0 Å². The molecular weight excluding hydrogens is 425 g/mol. The van der Waals surface area contributed by atoms with Crippen LogP contribution in [0.3, 0.4) is 0 Å². The summed E-state index contributed by atoms with van der Waals surface area (Å²) in [5, 5.41) is 4.26. The van der Waals surface area contributed by atoms with Crippen molar-refractivity contribution in [1.29, 1.82) is 0 Å². The van der Waals surface area contributed by atoms with E-state index in [2.05, 4.69) is 10.0 Å². The lowest BCUT2D eigenvalue weighted by Crippen LogP contribution is -2.33. The number of anilines is 1. The molecular formula is C19H21F3N2O3S2. The molecule has 0 atom stereocenters. The highest BCUT2D eigenvalue weighted by Gasteiger charge is 2.31. The predicted octanol–water partition coefficient (Wildman–Crippen LogP) is 4.49. The SMILES string of the molecule is O=C(Nc1cccc(C(F)(F)F)c1)C1CCC(CNS(=O)(=O)c2cccs2)CC1. The summed E-state index contributed by atoms with van der Waals surface area (Å²) >= 11 is 1.15. The summed E-state index contributed by atoms with van der Waals surface area (Å²) in [4.78, 5) is 12.4. The number of rotatable bonds is 6. The highest BCUT2D eigenvalue weighted by Crippen LogP contribution is 2.32. The molecule has 0 unspecified atom stereocenters. The summed E-state index contributed by atoms with van der Waals surface area (Å²) in [5.74, 6) is -0.473. The number of alkyl halides is 3. The molecule has 0 radical (unpaired) electrons. The van der Waals surface area contributed by atoms with Crippen LogP contribution in [0.2, 0.25) is 0 Å². The number of hydrogen-bond acceptors (Lipinski definition) is 4. The normalized spacial score (nSPS) is 20.4. The Morgan fingerprint density at radius 2 is 1.83 bits per heavy atom. The predicted molar refractivity (Wildman–Crippen MR) is 105 cm³/mol. The van der Waals surface area contributed by atoms with Crippen LogP contribution in [0.5, 0.6) is 0 Å². The third kappa shape index (κ3) is 5.80. The van der Waals surface area contributed by atoms with Gasteiger partial charge in [-0.25, -0.2) is 13.1 Å². The van der Waals surface area contributed by atoms with Crippen molar-refractivity contribution in [3.8, 4) is 0 Å². The lowest BCUT2D eigenvalue weighted by molar-refractivity contribution is -0.137. The first kappa shape index (κ1) is 21.8. The van der Waals surface area contributed by atoms with Crippen LogP contribution in [0.1, 0.15) is 31.2 Å². The minimum Gasteiger partial charge on any atom is -0.326 e. The molecule has 1 amide bonds. The van der Waals surface area contributed by atoms with Crippen LogP contribution in [0.4, 0.5) is 18.9 Å². The number of hydrogen-bond donors (Lipinski definition) is 2. The zero-order chi connectivity index (χ0) is 21.1. The fourth-order valence-electron chi connectivity index (χ4n) is 3.36. The molecule has 0 saturated heterocycles. The van der Waals surface area contributed by atoms with E-state index in [1.165, 1.54) is 12.1 Å². The molecule has 29 heavy (non-hydrogen) atoms. The number of sulfonamides is 1. The fraction of sp³-hybridized carbons (Fsp3) is 0.421. The second-order valence-electron chi connectivity index (χ2n) is 7.07. The van der Waals surface area contributed by atoms with Crippen molar-refractivity contribution in [2.45, 2.75) is 36.1 Å². The van der Waals surface area contributed by atoms with Gasteiger partial charge in [0.25, 0.3) is 0 Å². The lowest BCUT2D eigenvalue weighted by Gasteiger charge is -2.27. The van der Waals surface area contributed by atoms with Crippen LogP contribution in [0.15, 0.2) is 46.0 Å². The van der Waals surface area contributed by atoms with Crippen LogP contribution in [0, 0.1) is 11.8 Å². The maximum absolute atomic E-state index is 12.8. The van der Waals surface area contributed by atoms with Gasteiger partial charge < -0.3 is 5.32 Å². The van der Waals surface area contributed by atoms with Crippen LogP contribution in [0.25, 0.3) is 0 Å². The van der Waals surface area contributed by atoms with Gasteiger partial charge >= 0.3 is 6.18 Å². The fourth-order valence-corrected chi connectivity index (χ4v) is 5.52. The van der Waals surface area contributed by atoms with Crippen molar-refractivity contribution in [2.75, 3.05) is 11.9 Å². The zero-order valence-corrected chi connectivity index (χ0v) is 17.0. The number of thiophene rings is 1. The van der Waals surface area contributed by atoms with E-state index in [-0.39, 0.29) is 27.6 Å². The highest BCUT2D eigenvalue weighted by atomic mass is 32.2. The maximum atomic E-state index is 12.8. The second-order valence-corrected chi connectivity index (χ2v) is 10.0. The van der Waals surface area contributed by atoms with Gasteiger partial charge in [0, 0.05) is 18.2 Å². The quantitative estimate of drug-likeness (QED) is 0.687. The Kier molecular flexibility index (Phi) is 6.65. The number of amides is 1. The Morgan fingerprint density at radius 1 is 1.10 bits per heavy atom. The Labute approximate surface area is 171 Å². The van der Waals surface area contributed by atoms with Crippen molar-refractivity contribution in [3.05, 3.63) is 47.3 Å². The molecule has 2 N–H and O–H groups in total. The number of halogens is 3. The monoisotopic (exact) mass is 446 g/mol. The van der Waals surface area contributed by atoms with E-state index in [0.717, 1.165) is 23.5 Å². The molecule has 1 fully saturated rings. The molecule has 158 valence electrons. The van der Waals surface area contributed by atoms with E-state index in [1.54, 1.807) is 17.5 Å². The van der Waals surface area contributed by atoms with E-state index in [9.17, 15) is 26.4 Å². The molecule has 5 nitrogen and oxygen atoms in total. The van der Waals surface area contributed by atoms with Gasteiger partial charge in [-0.15, -0.1) is 11.3 Å². The van der Waals surface area contributed by atoms with Crippen LogP contribution in [-0.2, 0) is 21.0 Å². The second kappa shape index (κ2) is 8.85. The minimum atomic E-state index is -4.46. The maximum Gasteiger partial charge on any atom is 0.416 e. The molecule has 1 aliphatic carbocycles. The van der Waals surface area contributed by atoms with E-state index >= 15 is 0 Å². The molecule has 1 saturated carbocycles. The van der Waals surface area contributed by atoms with Gasteiger partial charge in [-0.2, -0.15) is 13.2 Å². The highest BCUT2D eigenvalue weighted by molar-refractivity contribution is 7.91. The summed E-state index contributed by atoms with van der Waals surface area (Å²) < 4.78 is 65.6. The van der Waals surface area contributed by atoms with Crippen molar-refractivity contribution in [2.24, 2.45) is 11.8 Å². The van der Waals surface area contributed by atoms with Crippen LogP contribution >= 0.6 is 11.3 Å². The summed E-state index contributed by atoms with van der Waals surface area (Å²) in [6, 6.07) is 7.78. The average Bonchev–Trinajstić information content (AvgIpc) is 3.22. The molecule has 1 heterocycles. The number of carbonyl (C=O) groups excluding carboxylic acids is 1. The molecule has 2 aromatic rings. The number of nitrogens with one attached hydrogen (secondary N) is 2. The molecule has 1 aromatic heterocycles. The third-order valence-electron chi connectivity index (χ3n) is 5.00. The zero-order valence-electron chi connectivity index (χ0n) is 15.4. The van der Waals surface area contributed by atoms with Crippen molar-refractivity contribution < 1.29 is 26.4 Å².